The standard InChI is InChI=1S/C26H42O3/c1-15-16-8-9-18-25(5)13-10-17-23(2,3)11-7-12-24(17,4)19(25)14-20(27)26(18,6)21(16)22(28)29-15/h8,15,17-22,27-28H,7,9-14H2,1-6H3/t15-,17-,18-,19+,20+,21+,22+,24-,25-,26+/m0/s1. The van der Waals surface area contributed by atoms with Gasteiger partial charge in [-0.2, -0.15) is 0 Å². The quantitative estimate of drug-likeness (QED) is 0.540. The van der Waals surface area contributed by atoms with Gasteiger partial charge in [-0.3, -0.25) is 0 Å². The van der Waals surface area contributed by atoms with E-state index < -0.39 is 6.29 Å². The van der Waals surface area contributed by atoms with Gasteiger partial charge in [-0.25, -0.2) is 0 Å². The number of fused-ring (bicyclic) bond motifs is 7. The van der Waals surface area contributed by atoms with Crippen molar-refractivity contribution in [3.63, 3.8) is 0 Å². The lowest BCUT2D eigenvalue weighted by Gasteiger charge is -2.70. The van der Waals surface area contributed by atoms with Crippen LogP contribution in [0, 0.1) is 45.3 Å². The molecule has 29 heavy (non-hydrogen) atoms. The zero-order valence-corrected chi connectivity index (χ0v) is 19.4. The molecular formula is C26H42O3. The number of hydrogen-bond acceptors (Lipinski definition) is 3. The zero-order chi connectivity index (χ0) is 21.0. The smallest absolute Gasteiger partial charge is 0.162 e. The fourth-order valence-corrected chi connectivity index (χ4v) is 10.0. The minimum Gasteiger partial charge on any atom is -0.393 e. The molecule has 5 aliphatic rings. The maximum atomic E-state index is 11.7. The third kappa shape index (κ3) is 2.42. The number of rotatable bonds is 0. The number of hydrogen-bond donors (Lipinski definition) is 2. The van der Waals surface area contributed by atoms with Crippen molar-refractivity contribution in [2.24, 2.45) is 45.3 Å². The van der Waals surface area contributed by atoms with Crippen LogP contribution < -0.4 is 0 Å². The molecular weight excluding hydrogens is 360 g/mol. The van der Waals surface area contributed by atoms with Crippen LogP contribution in [0.5, 0.6) is 0 Å². The first-order valence-corrected chi connectivity index (χ1v) is 12.2. The Labute approximate surface area is 177 Å². The molecule has 4 fully saturated rings. The van der Waals surface area contributed by atoms with Crippen molar-refractivity contribution in [3.8, 4) is 0 Å². The van der Waals surface area contributed by atoms with Crippen LogP contribution in [0.4, 0.5) is 0 Å². The molecule has 164 valence electrons. The topological polar surface area (TPSA) is 49.7 Å². The Bertz CT molecular complexity index is 727. The van der Waals surface area contributed by atoms with Gasteiger partial charge in [-0.15, -0.1) is 0 Å². The molecule has 4 aliphatic carbocycles. The lowest BCUT2D eigenvalue weighted by molar-refractivity contribution is -0.248. The molecule has 1 saturated heterocycles. The average Bonchev–Trinajstić information content (AvgIpc) is 2.91. The second-order valence-electron chi connectivity index (χ2n) is 12.8. The third-order valence-electron chi connectivity index (χ3n) is 11.3. The van der Waals surface area contributed by atoms with Crippen LogP contribution in [0.3, 0.4) is 0 Å². The number of allylic oxidation sites excluding steroid dienone is 1. The molecule has 0 radical (unpaired) electrons. The molecule has 2 N–H and O–H groups in total. The molecule has 3 saturated carbocycles. The normalized spacial score (nSPS) is 58.5. The summed E-state index contributed by atoms with van der Waals surface area (Å²) in [6.45, 7) is 14.4. The molecule has 0 aromatic rings. The SMILES string of the molecule is C[C@@H]1O[C@@H](O)[C@H]2C1=CC[C@H]1[C@]3(C)CC[C@H]4C(C)(C)CCC[C@]4(C)[C@H]3C[C@@H](O)[C@]21C. The van der Waals surface area contributed by atoms with E-state index in [9.17, 15) is 10.2 Å². The van der Waals surface area contributed by atoms with E-state index in [2.05, 4.69) is 47.6 Å². The number of aliphatic hydroxyl groups is 2. The van der Waals surface area contributed by atoms with Crippen molar-refractivity contribution in [1.29, 1.82) is 0 Å². The van der Waals surface area contributed by atoms with E-state index >= 15 is 0 Å². The largest absolute Gasteiger partial charge is 0.393 e. The van der Waals surface area contributed by atoms with Gasteiger partial charge in [-0.1, -0.05) is 47.1 Å². The lowest BCUT2D eigenvalue weighted by atomic mass is 9.34. The van der Waals surface area contributed by atoms with Crippen molar-refractivity contribution >= 4 is 0 Å². The number of aliphatic hydroxyl groups excluding tert-OH is 2. The van der Waals surface area contributed by atoms with Crippen LogP contribution in [0.15, 0.2) is 11.6 Å². The van der Waals surface area contributed by atoms with Gasteiger partial charge in [0.2, 0.25) is 0 Å². The monoisotopic (exact) mass is 402 g/mol. The highest BCUT2D eigenvalue weighted by Crippen LogP contribution is 2.73. The lowest BCUT2D eigenvalue weighted by Crippen LogP contribution is -2.66. The van der Waals surface area contributed by atoms with Gasteiger partial charge < -0.3 is 14.9 Å². The van der Waals surface area contributed by atoms with Crippen molar-refractivity contribution in [1.82, 2.24) is 0 Å². The molecule has 3 nitrogen and oxygen atoms in total. The van der Waals surface area contributed by atoms with Crippen molar-refractivity contribution in [3.05, 3.63) is 11.6 Å². The summed E-state index contributed by atoms with van der Waals surface area (Å²) in [4.78, 5) is 0. The van der Waals surface area contributed by atoms with Gasteiger partial charge in [-0.05, 0) is 85.0 Å². The summed E-state index contributed by atoms with van der Waals surface area (Å²) in [5, 5.41) is 22.5. The molecule has 0 unspecified atom stereocenters. The second kappa shape index (κ2) is 6.11. The Morgan fingerprint density at radius 1 is 0.931 bits per heavy atom. The first-order chi connectivity index (χ1) is 13.5. The predicted molar refractivity (Wildman–Crippen MR) is 115 cm³/mol. The molecule has 0 bridgehead atoms. The van der Waals surface area contributed by atoms with E-state index in [1.807, 2.05) is 0 Å². The molecule has 0 aromatic carbocycles. The molecule has 5 rings (SSSR count). The molecule has 1 heterocycles. The zero-order valence-electron chi connectivity index (χ0n) is 19.4. The van der Waals surface area contributed by atoms with Crippen molar-refractivity contribution in [2.75, 3.05) is 0 Å². The van der Waals surface area contributed by atoms with E-state index in [0.29, 0.717) is 22.7 Å². The first-order valence-electron chi connectivity index (χ1n) is 12.2. The molecule has 10 atom stereocenters. The fourth-order valence-electron chi connectivity index (χ4n) is 10.0. The minimum atomic E-state index is -0.778. The van der Waals surface area contributed by atoms with E-state index in [4.69, 9.17) is 4.74 Å². The highest BCUT2D eigenvalue weighted by Gasteiger charge is 2.69. The molecule has 0 aromatic heterocycles. The van der Waals surface area contributed by atoms with Crippen LogP contribution >= 0.6 is 0 Å². The highest BCUT2D eigenvalue weighted by atomic mass is 16.6. The fraction of sp³-hybridized carbons (Fsp3) is 0.923. The molecule has 3 heteroatoms. The Hall–Kier alpha value is -0.380. The maximum absolute atomic E-state index is 11.7. The summed E-state index contributed by atoms with van der Waals surface area (Å²) in [7, 11) is 0. The summed E-state index contributed by atoms with van der Waals surface area (Å²) in [6, 6.07) is 0. The third-order valence-corrected chi connectivity index (χ3v) is 11.3. The maximum Gasteiger partial charge on any atom is 0.162 e. The summed E-state index contributed by atoms with van der Waals surface area (Å²) >= 11 is 0. The Morgan fingerprint density at radius 2 is 1.62 bits per heavy atom. The second-order valence-corrected chi connectivity index (χ2v) is 12.8. The molecule has 1 aliphatic heterocycles. The summed E-state index contributed by atoms with van der Waals surface area (Å²) in [5.41, 5.74) is 1.88. The van der Waals surface area contributed by atoms with Crippen LogP contribution in [0.2, 0.25) is 0 Å². The van der Waals surface area contributed by atoms with Crippen LogP contribution in [0.1, 0.15) is 86.5 Å². The summed E-state index contributed by atoms with van der Waals surface area (Å²) < 4.78 is 5.85. The minimum absolute atomic E-state index is 0.0297. The van der Waals surface area contributed by atoms with E-state index in [1.54, 1.807) is 0 Å². The first kappa shape index (κ1) is 20.5. The van der Waals surface area contributed by atoms with E-state index in [-0.39, 0.29) is 29.0 Å². The van der Waals surface area contributed by atoms with Gasteiger partial charge in [0.25, 0.3) is 0 Å². The Kier molecular flexibility index (Phi) is 4.32. The van der Waals surface area contributed by atoms with E-state index in [1.165, 1.54) is 37.7 Å². The van der Waals surface area contributed by atoms with Crippen LogP contribution in [-0.4, -0.2) is 28.7 Å². The average molecular weight is 403 g/mol. The summed E-state index contributed by atoms with van der Waals surface area (Å²) in [6.07, 6.45) is 9.65. The Morgan fingerprint density at radius 3 is 2.34 bits per heavy atom. The van der Waals surface area contributed by atoms with Crippen LogP contribution in [-0.2, 0) is 4.74 Å². The van der Waals surface area contributed by atoms with Gasteiger partial charge in [0.1, 0.15) is 0 Å². The van der Waals surface area contributed by atoms with Gasteiger partial charge in [0, 0.05) is 11.3 Å². The van der Waals surface area contributed by atoms with Gasteiger partial charge in [0.05, 0.1) is 12.2 Å². The van der Waals surface area contributed by atoms with Gasteiger partial charge in [0.15, 0.2) is 6.29 Å². The summed E-state index contributed by atoms with van der Waals surface area (Å²) in [5.74, 6) is 1.67. The Balaban J connectivity index is 1.59. The van der Waals surface area contributed by atoms with E-state index in [0.717, 1.165) is 18.8 Å². The molecule has 0 amide bonds. The van der Waals surface area contributed by atoms with Crippen molar-refractivity contribution < 1.29 is 14.9 Å². The van der Waals surface area contributed by atoms with Gasteiger partial charge >= 0.3 is 0 Å². The predicted octanol–water partition coefficient (Wildman–Crippen LogP) is 5.31. The highest BCUT2D eigenvalue weighted by molar-refractivity contribution is 5.29. The van der Waals surface area contributed by atoms with Crippen LogP contribution in [0.25, 0.3) is 0 Å². The molecule has 0 spiro atoms. The number of ether oxygens (including phenoxy) is 1. The van der Waals surface area contributed by atoms with Crippen molar-refractivity contribution in [2.45, 2.75) is 105 Å².